The van der Waals surface area contributed by atoms with Gasteiger partial charge in [-0.05, 0) is 111 Å². The van der Waals surface area contributed by atoms with Crippen molar-refractivity contribution in [1.29, 1.82) is 0 Å². The monoisotopic (exact) mass is 683 g/mol. The van der Waals surface area contributed by atoms with Gasteiger partial charge in [0.25, 0.3) is 5.91 Å². The number of halogens is 2. The Balaban J connectivity index is 1.29. The highest BCUT2D eigenvalue weighted by Gasteiger charge is 2.54. The van der Waals surface area contributed by atoms with Crippen molar-refractivity contribution in [2.75, 3.05) is 29.9 Å². The van der Waals surface area contributed by atoms with Gasteiger partial charge in [-0.1, -0.05) is 18.6 Å². The van der Waals surface area contributed by atoms with Crippen LogP contribution in [0.15, 0.2) is 36.7 Å². The summed E-state index contributed by atoms with van der Waals surface area (Å²) in [5, 5.41) is 5.71. The largest absolute Gasteiger partial charge is 0.352 e. The lowest BCUT2D eigenvalue weighted by atomic mass is 9.71. The summed E-state index contributed by atoms with van der Waals surface area (Å²) in [6.07, 6.45) is 7.31. The number of anilines is 3. The first-order valence-corrected chi connectivity index (χ1v) is 17.9. The summed E-state index contributed by atoms with van der Waals surface area (Å²) in [7, 11) is 0. The standard InChI is InChI=1S/C39H47F2N7O2/c1-8-42-36(49)26-17-29(33(41)32(40)23(26)4)45-35-34-30(43-21-47(34)22(2)3)18-28(44-35)24-12-13-27-31(16-24)48(37(50)38(27,5)6)25-19-39(7,20-25)46-14-10-9-11-15-46/h12-13,16-18,21-22,25H,8-11,14-15,19-20H2,1-7H3,(H,42,49)(H,44,45)/t25-,39+. The third-order valence-corrected chi connectivity index (χ3v) is 11.2. The molecule has 2 N–H and O–H groups in total. The fourth-order valence-corrected chi connectivity index (χ4v) is 8.25. The topological polar surface area (TPSA) is 95.4 Å². The zero-order valence-corrected chi connectivity index (χ0v) is 30.1. The Morgan fingerprint density at radius 1 is 1.04 bits per heavy atom. The molecular formula is C39H47F2N7O2. The van der Waals surface area contributed by atoms with Gasteiger partial charge in [-0.25, -0.2) is 18.7 Å². The molecule has 2 aromatic heterocycles. The summed E-state index contributed by atoms with van der Waals surface area (Å²) in [6.45, 7) is 16.1. The average molecular weight is 684 g/mol. The predicted molar refractivity (Wildman–Crippen MR) is 193 cm³/mol. The summed E-state index contributed by atoms with van der Waals surface area (Å²) < 4.78 is 32.6. The maximum atomic E-state index is 15.5. The van der Waals surface area contributed by atoms with Gasteiger partial charge in [-0.15, -0.1) is 0 Å². The molecule has 0 unspecified atom stereocenters. The Kier molecular flexibility index (Phi) is 8.48. The third kappa shape index (κ3) is 5.45. The van der Waals surface area contributed by atoms with Gasteiger partial charge in [0.05, 0.1) is 28.6 Å². The minimum atomic E-state index is -1.10. The van der Waals surface area contributed by atoms with Crippen molar-refractivity contribution >= 4 is 40.0 Å². The number of amides is 2. The number of piperidine rings is 1. The molecule has 3 aliphatic rings. The van der Waals surface area contributed by atoms with Crippen molar-refractivity contribution in [3.8, 4) is 11.3 Å². The van der Waals surface area contributed by atoms with Crippen molar-refractivity contribution in [3.05, 3.63) is 65.0 Å². The van der Waals surface area contributed by atoms with Crippen molar-refractivity contribution in [3.63, 3.8) is 0 Å². The number of rotatable bonds is 8. The molecule has 0 radical (unpaired) electrons. The molecule has 1 saturated carbocycles. The van der Waals surface area contributed by atoms with E-state index in [4.69, 9.17) is 4.98 Å². The molecular weight excluding hydrogens is 636 g/mol. The van der Waals surface area contributed by atoms with Crippen LogP contribution >= 0.6 is 0 Å². The Hall–Kier alpha value is -4.38. The van der Waals surface area contributed by atoms with Crippen LogP contribution in [0.2, 0.25) is 0 Å². The molecule has 11 heteroatoms. The second-order valence-electron chi connectivity index (χ2n) is 15.3. The number of fused-ring (bicyclic) bond motifs is 2. The lowest BCUT2D eigenvalue weighted by molar-refractivity contribution is -0.123. The predicted octanol–water partition coefficient (Wildman–Crippen LogP) is 7.79. The minimum absolute atomic E-state index is 0.00131. The van der Waals surface area contributed by atoms with Gasteiger partial charge in [-0.2, -0.15) is 0 Å². The van der Waals surface area contributed by atoms with Crippen LogP contribution in [0.1, 0.15) is 101 Å². The summed E-state index contributed by atoms with van der Waals surface area (Å²) in [5.74, 6) is -2.31. The third-order valence-electron chi connectivity index (χ3n) is 11.2. The Morgan fingerprint density at radius 3 is 2.44 bits per heavy atom. The van der Waals surface area contributed by atoms with Gasteiger partial charge < -0.3 is 20.1 Å². The molecule has 2 aromatic carbocycles. The molecule has 7 rings (SSSR count). The van der Waals surface area contributed by atoms with Gasteiger partial charge >= 0.3 is 0 Å². The molecule has 9 nitrogen and oxygen atoms in total. The first-order chi connectivity index (χ1) is 23.7. The van der Waals surface area contributed by atoms with E-state index in [-0.39, 0.29) is 46.2 Å². The number of carbonyl (C=O) groups excluding carboxylic acids is 2. The van der Waals surface area contributed by atoms with Crippen LogP contribution in [0.3, 0.4) is 0 Å². The van der Waals surface area contributed by atoms with Gasteiger partial charge in [0.2, 0.25) is 5.91 Å². The van der Waals surface area contributed by atoms with E-state index in [1.165, 1.54) is 32.3 Å². The maximum absolute atomic E-state index is 15.5. The van der Waals surface area contributed by atoms with Crippen LogP contribution in [0.4, 0.5) is 26.0 Å². The van der Waals surface area contributed by atoms with E-state index in [1.807, 2.05) is 61.4 Å². The van der Waals surface area contributed by atoms with Gasteiger partial charge in [0.15, 0.2) is 17.5 Å². The zero-order chi connectivity index (χ0) is 35.7. The molecule has 4 heterocycles. The first kappa shape index (κ1) is 34.1. The molecule has 2 aliphatic heterocycles. The normalized spacial score (nSPS) is 21.8. The lowest BCUT2D eigenvalue weighted by Crippen LogP contribution is -2.64. The number of benzene rings is 2. The van der Waals surface area contributed by atoms with Crippen LogP contribution in [0, 0.1) is 18.6 Å². The summed E-state index contributed by atoms with van der Waals surface area (Å²) >= 11 is 0. The summed E-state index contributed by atoms with van der Waals surface area (Å²) in [5.41, 5.74) is 3.66. The second kappa shape index (κ2) is 12.4. The number of likely N-dealkylation sites (tertiary alicyclic amines) is 1. The van der Waals surface area contributed by atoms with Gasteiger partial charge in [0.1, 0.15) is 5.52 Å². The number of imidazole rings is 1. The van der Waals surface area contributed by atoms with E-state index in [9.17, 15) is 9.59 Å². The number of carbonyl (C=O) groups is 2. The average Bonchev–Trinajstić information content (AvgIpc) is 3.60. The Morgan fingerprint density at radius 2 is 1.76 bits per heavy atom. The van der Waals surface area contributed by atoms with Crippen molar-refractivity contribution < 1.29 is 18.4 Å². The molecule has 0 atom stereocenters. The van der Waals surface area contributed by atoms with E-state index in [1.54, 1.807) is 13.3 Å². The fourth-order valence-electron chi connectivity index (χ4n) is 8.25. The number of aromatic nitrogens is 3. The number of nitrogens with one attached hydrogen (secondary N) is 2. The van der Waals surface area contributed by atoms with E-state index in [2.05, 4.69) is 27.4 Å². The minimum Gasteiger partial charge on any atom is -0.352 e. The Bertz CT molecular complexity index is 2010. The smallest absolute Gasteiger partial charge is 0.251 e. The molecule has 4 aromatic rings. The summed E-state index contributed by atoms with van der Waals surface area (Å²) in [6, 6.07) is 9.34. The van der Waals surface area contributed by atoms with Crippen molar-refractivity contribution in [2.45, 2.75) is 104 Å². The molecule has 2 amide bonds. The molecule has 1 aliphatic carbocycles. The molecule has 2 fully saturated rings. The molecule has 50 heavy (non-hydrogen) atoms. The van der Waals surface area contributed by atoms with E-state index < -0.39 is 23.0 Å². The molecule has 264 valence electrons. The zero-order valence-electron chi connectivity index (χ0n) is 30.1. The van der Waals surface area contributed by atoms with Crippen LogP contribution in [0.25, 0.3) is 22.3 Å². The molecule has 0 bridgehead atoms. The van der Waals surface area contributed by atoms with Crippen molar-refractivity contribution in [2.24, 2.45) is 0 Å². The SMILES string of the molecule is CCNC(=O)c1cc(Nc2nc(-c3ccc4c(c3)N([C@H]3C[C@@](C)(N5CCCCC5)C3)C(=O)C4(C)C)cc3ncn(C(C)C)c23)c(F)c(F)c1C. The van der Waals surface area contributed by atoms with E-state index >= 15 is 8.78 Å². The van der Waals surface area contributed by atoms with Crippen LogP contribution in [-0.2, 0) is 10.2 Å². The van der Waals surface area contributed by atoms with Crippen LogP contribution in [-0.4, -0.2) is 62.5 Å². The van der Waals surface area contributed by atoms with Crippen LogP contribution in [0.5, 0.6) is 0 Å². The maximum Gasteiger partial charge on any atom is 0.251 e. The number of nitrogens with zero attached hydrogens (tertiary/aromatic N) is 5. The summed E-state index contributed by atoms with van der Waals surface area (Å²) in [4.78, 5) is 41.1. The highest BCUT2D eigenvalue weighted by Crippen LogP contribution is 2.50. The highest BCUT2D eigenvalue weighted by atomic mass is 19.2. The van der Waals surface area contributed by atoms with Gasteiger partial charge in [0, 0.05) is 46.5 Å². The van der Waals surface area contributed by atoms with Crippen molar-refractivity contribution in [1.82, 2.24) is 24.8 Å². The molecule has 1 saturated heterocycles. The first-order valence-electron chi connectivity index (χ1n) is 17.9. The quantitative estimate of drug-likeness (QED) is 0.197. The molecule has 0 spiro atoms. The second-order valence-corrected chi connectivity index (χ2v) is 15.3. The van der Waals surface area contributed by atoms with Crippen LogP contribution < -0.4 is 15.5 Å². The number of pyridine rings is 1. The number of hydrogen-bond donors (Lipinski definition) is 2. The lowest BCUT2D eigenvalue weighted by Gasteiger charge is -2.55. The fraction of sp³-hybridized carbons (Fsp3) is 0.487. The highest BCUT2D eigenvalue weighted by molar-refractivity contribution is 6.09. The van der Waals surface area contributed by atoms with Gasteiger partial charge in [-0.3, -0.25) is 14.5 Å². The van der Waals surface area contributed by atoms with E-state index in [0.29, 0.717) is 23.3 Å². The Labute approximate surface area is 292 Å². The van der Waals surface area contributed by atoms with E-state index in [0.717, 1.165) is 42.7 Å². The number of hydrogen-bond acceptors (Lipinski definition) is 6.